The van der Waals surface area contributed by atoms with Crippen LogP contribution in [0.5, 0.6) is 0 Å². The molecule has 0 fully saturated rings. The SMILES string of the molecule is OCC[C@H](Cl)c1ccccc1. The molecule has 0 aliphatic heterocycles. The van der Waals surface area contributed by atoms with Crippen LogP contribution in [0.1, 0.15) is 17.4 Å². The Morgan fingerprint density at radius 2 is 1.91 bits per heavy atom. The van der Waals surface area contributed by atoms with Gasteiger partial charge in [0, 0.05) is 6.61 Å². The summed E-state index contributed by atoms with van der Waals surface area (Å²) < 4.78 is 0. The highest BCUT2D eigenvalue weighted by molar-refractivity contribution is 6.20. The molecule has 2 heteroatoms. The van der Waals surface area contributed by atoms with Crippen molar-refractivity contribution in [3.8, 4) is 0 Å². The highest BCUT2D eigenvalue weighted by Gasteiger charge is 2.04. The number of benzene rings is 1. The van der Waals surface area contributed by atoms with Crippen molar-refractivity contribution in [2.75, 3.05) is 6.61 Å². The zero-order chi connectivity index (χ0) is 8.10. The van der Waals surface area contributed by atoms with Crippen LogP contribution in [0, 0.1) is 0 Å². The van der Waals surface area contributed by atoms with E-state index in [2.05, 4.69) is 0 Å². The van der Waals surface area contributed by atoms with Gasteiger partial charge in [-0.2, -0.15) is 0 Å². The summed E-state index contributed by atoms with van der Waals surface area (Å²) in [6, 6.07) is 9.77. The van der Waals surface area contributed by atoms with Crippen molar-refractivity contribution >= 4 is 11.6 Å². The summed E-state index contributed by atoms with van der Waals surface area (Å²) in [5, 5.41) is 8.56. The van der Waals surface area contributed by atoms with Gasteiger partial charge in [0.15, 0.2) is 0 Å². The number of aliphatic hydroxyl groups is 1. The average Bonchev–Trinajstić information content (AvgIpc) is 2.07. The molecule has 1 aromatic carbocycles. The molecule has 1 rings (SSSR count). The van der Waals surface area contributed by atoms with Crippen LogP contribution in [0.25, 0.3) is 0 Å². The van der Waals surface area contributed by atoms with E-state index in [1.54, 1.807) is 0 Å². The topological polar surface area (TPSA) is 20.2 Å². The third-order valence-electron chi connectivity index (χ3n) is 1.54. The van der Waals surface area contributed by atoms with Gasteiger partial charge in [0.05, 0.1) is 5.38 Å². The van der Waals surface area contributed by atoms with E-state index < -0.39 is 0 Å². The second-order valence-corrected chi connectivity index (χ2v) is 2.92. The molecule has 1 nitrogen and oxygen atoms in total. The lowest BCUT2D eigenvalue weighted by molar-refractivity contribution is 0.286. The fourth-order valence-corrected chi connectivity index (χ4v) is 1.18. The first-order valence-corrected chi connectivity index (χ1v) is 4.08. The summed E-state index contributed by atoms with van der Waals surface area (Å²) in [5.74, 6) is 0. The van der Waals surface area contributed by atoms with Gasteiger partial charge in [-0.1, -0.05) is 30.3 Å². The highest BCUT2D eigenvalue weighted by Crippen LogP contribution is 2.22. The highest BCUT2D eigenvalue weighted by atomic mass is 35.5. The molecule has 0 amide bonds. The molecule has 1 aromatic rings. The fraction of sp³-hybridized carbons (Fsp3) is 0.333. The van der Waals surface area contributed by atoms with Crippen LogP contribution in [-0.2, 0) is 0 Å². The molecule has 0 aliphatic carbocycles. The molecule has 11 heavy (non-hydrogen) atoms. The molecule has 0 spiro atoms. The van der Waals surface area contributed by atoms with E-state index in [0.29, 0.717) is 6.42 Å². The lowest BCUT2D eigenvalue weighted by Crippen LogP contribution is -1.92. The van der Waals surface area contributed by atoms with Crippen LogP contribution >= 0.6 is 11.6 Å². The number of aliphatic hydroxyl groups excluding tert-OH is 1. The molecule has 0 unspecified atom stereocenters. The van der Waals surface area contributed by atoms with E-state index in [0.717, 1.165) is 5.56 Å². The smallest absolute Gasteiger partial charge is 0.0607 e. The average molecular weight is 171 g/mol. The first kappa shape index (κ1) is 8.57. The van der Waals surface area contributed by atoms with Crippen molar-refractivity contribution < 1.29 is 5.11 Å². The van der Waals surface area contributed by atoms with E-state index in [1.165, 1.54) is 0 Å². The van der Waals surface area contributed by atoms with E-state index in [-0.39, 0.29) is 12.0 Å². The largest absolute Gasteiger partial charge is 0.396 e. The Morgan fingerprint density at radius 3 is 2.45 bits per heavy atom. The molecule has 0 radical (unpaired) electrons. The van der Waals surface area contributed by atoms with E-state index in [4.69, 9.17) is 16.7 Å². The summed E-state index contributed by atoms with van der Waals surface area (Å²) >= 11 is 5.95. The quantitative estimate of drug-likeness (QED) is 0.691. The minimum Gasteiger partial charge on any atom is -0.396 e. The number of hydrogen-bond donors (Lipinski definition) is 1. The number of halogens is 1. The molecule has 0 bridgehead atoms. The minimum absolute atomic E-state index is 0.0544. The molecule has 0 aromatic heterocycles. The third-order valence-corrected chi connectivity index (χ3v) is 2.01. The minimum atomic E-state index is -0.0544. The fourth-order valence-electron chi connectivity index (χ4n) is 0.942. The second kappa shape index (κ2) is 4.37. The lowest BCUT2D eigenvalue weighted by Gasteiger charge is -2.06. The van der Waals surface area contributed by atoms with Crippen molar-refractivity contribution in [2.45, 2.75) is 11.8 Å². The summed E-state index contributed by atoms with van der Waals surface area (Å²) in [6.07, 6.45) is 0.617. The van der Waals surface area contributed by atoms with E-state index >= 15 is 0 Å². The predicted molar refractivity (Wildman–Crippen MR) is 46.7 cm³/mol. The van der Waals surface area contributed by atoms with Gasteiger partial charge < -0.3 is 5.11 Å². The standard InChI is InChI=1S/C9H11ClO/c10-9(6-7-11)8-4-2-1-3-5-8/h1-5,9,11H,6-7H2/t9-/m0/s1. The van der Waals surface area contributed by atoms with Crippen LogP contribution in [-0.4, -0.2) is 11.7 Å². The van der Waals surface area contributed by atoms with Crippen LogP contribution in [0.3, 0.4) is 0 Å². The molecule has 1 N–H and O–H groups in total. The summed E-state index contributed by atoms with van der Waals surface area (Å²) in [5.41, 5.74) is 1.07. The first-order chi connectivity index (χ1) is 5.34. The van der Waals surface area contributed by atoms with Crippen LogP contribution < -0.4 is 0 Å². The zero-order valence-electron chi connectivity index (χ0n) is 6.20. The number of rotatable bonds is 3. The van der Waals surface area contributed by atoms with Gasteiger partial charge in [0.2, 0.25) is 0 Å². The molecule has 0 saturated carbocycles. The predicted octanol–water partition coefficient (Wildman–Crippen LogP) is 2.35. The Balaban J connectivity index is 2.61. The van der Waals surface area contributed by atoms with E-state index in [1.807, 2.05) is 30.3 Å². The van der Waals surface area contributed by atoms with Crippen molar-refractivity contribution in [1.82, 2.24) is 0 Å². The third kappa shape index (κ3) is 2.52. The van der Waals surface area contributed by atoms with E-state index in [9.17, 15) is 0 Å². The Kier molecular flexibility index (Phi) is 3.40. The lowest BCUT2D eigenvalue weighted by atomic mass is 10.1. The van der Waals surface area contributed by atoms with Crippen LogP contribution in [0.2, 0.25) is 0 Å². The van der Waals surface area contributed by atoms with Crippen molar-refractivity contribution in [2.24, 2.45) is 0 Å². The van der Waals surface area contributed by atoms with Gasteiger partial charge in [0.1, 0.15) is 0 Å². The molecule has 0 aliphatic rings. The molecular formula is C9H11ClO. The molecule has 60 valence electrons. The van der Waals surface area contributed by atoms with Gasteiger partial charge in [-0.15, -0.1) is 11.6 Å². The van der Waals surface area contributed by atoms with Crippen LogP contribution in [0.4, 0.5) is 0 Å². The summed E-state index contributed by atoms with van der Waals surface area (Å²) in [4.78, 5) is 0. The summed E-state index contributed by atoms with van der Waals surface area (Å²) in [7, 11) is 0. The molecule has 1 atom stereocenters. The van der Waals surface area contributed by atoms with Gasteiger partial charge in [0.25, 0.3) is 0 Å². The Hall–Kier alpha value is -0.530. The van der Waals surface area contributed by atoms with Crippen molar-refractivity contribution in [1.29, 1.82) is 0 Å². The van der Waals surface area contributed by atoms with Gasteiger partial charge in [-0.3, -0.25) is 0 Å². The van der Waals surface area contributed by atoms with Gasteiger partial charge in [-0.05, 0) is 12.0 Å². The van der Waals surface area contributed by atoms with Gasteiger partial charge >= 0.3 is 0 Å². The maximum atomic E-state index is 8.61. The maximum absolute atomic E-state index is 8.61. The Labute approximate surface area is 71.6 Å². The molecular weight excluding hydrogens is 160 g/mol. The summed E-state index contributed by atoms with van der Waals surface area (Å²) in [6.45, 7) is 0.142. The van der Waals surface area contributed by atoms with Gasteiger partial charge in [-0.25, -0.2) is 0 Å². The monoisotopic (exact) mass is 170 g/mol. The Bertz CT molecular complexity index is 198. The number of alkyl halides is 1. The maximum Gasteiger partial charge on any atom is 0.0607 e. The molecule has 0 saturated heterocycles. The normalized spacial score (nSPS) is 12.9. The van der Waals surface area contributed by atoms with Crippen molar-refractivity contribution in [3.63, 3.8) is 0 Å². The number of hydrogen-bond acceptors (Lipinski definition) is 1. The zero-order valence-corrected chi connectivity index (χ0v) is 6.96. The molecule has 0 heterocycles. The second-order valence-electron chi connectivity index (χ2n) is 2.39. The van der Waals surface area contributed by atoms with Crippen LogP contribution in [0.15, 0.2) is 30.3 Å². The Morgan fingerprint density at radius 1 is 1.27 bits per heavy atom. The first-order valence-electron chi connectivity index (χ1n) is 3.64. The van der Waals surface area contributed by atoms with Crippen molar-refractivity contribution in [3.05, 3.63) is 35.9 Å².